The van der Waals surface area contributed by atoms with Gasteiger partial charge in [0.1, 0.15) is 5.82 Å². The minimum atomic E-state index is -0.251. The number of nitrogens with zero attached hydrogens (tertiary/aromatic N) is 3. The highest BCUT2D eigenvalue weighted by Crippen LogP contribution is 2.34. The Hall–Kier alpha value is -2.41. The summed E-state index contributed by atoms with van der Waals surface area (Å²) in [4.78, 5) is 4.74. The molecule has 0 aliphatic carbocycles. The van der Waals surface area contributed by atoms with Gasteiger partial charge in [-0.2, -0.15) is 5.10 Å². The third-order valence-corrected chi connectivity index (χ3v) is 5.27. The highest BCUT2D eigenvalue weighted by Gasteiger charge is 2.41. The summed E-state index contributed by atoms with van der Waals surface area (Å²) in [7, 11) is 0. The molecular formula is C20H26FN5O. The van der Waals surface area contributed by atoms with Crippen molar-refractivity contribution in [2.75, 3.05) is 6.54 Å². The number of hydrogen-bond donors (Lipinski definition) is 2. The monoisotopic (exact) mass is 371 g/mol. The van der Waals surface area contributed by atoms with Gasteiger partial charge in [-0.05, 0) is 57.4 Å². The molecule has 7 heteroatoms. The molecule has 2 aromatic rings. The number of rotatable bonds is 5. The van der Waals surface area contributed by atoms with E-state index >= 15 is 0 Å². The normalized spacial score (nSPS) is 24.4. The summed E-state index contributed by atoms with van der Waals surface area (Å²) < 4.78 is 20.8. The number of guanidine groups is 1. The molecule has 2 aliphatic heterocycles. The zero-order valence-corrected chi connectivity index (χ0v) is 15.8. The van der Waals surface area contributed by atoms with Crippen LogP contribution >= 0.6 is 0 Å². The first kappa shape index (κ1) is 18.0. The van der Waals surface area contributed by atoms with Gasteiger partial charge in [0.2, 0.25) is 0 Å². The Morgan fingerprint density at radius 2 is 2.15 bits per heavy atom. The second-order valence-corrected chi connectivity index (χ2v) is 7.22. The Bertz CT molecular complexity index is 816. The fourth-order valence-electron chi connectivity index (χ4n) is 3.83. The van der Waals surface area contributed by atoms with E-state index in [4.69, 9.17) is 9.73 Å². The Balaban J connectivity index is 1.45. The average molecular weight is 371 g/mol. The Kier molecular flexibility index (Phi) is 5.11. The second kappa shape index (κ2) is 7.68. The van der Waals surface area contributed by atoms with Crippen LogP contribution in [-0.2, 0) is 11.3 Å². The molecule has 3 unspecified atom stereocenters. The van der Waals surface area contributed by atoms with Crippen LogP contribution in [0.3, 0.4) is 0 Å². The van der Waals surface area contributed by atoms with E-state index in [1.165, 1.54) is 18.6 Å². The third-order valence-electron chi connectivity index (χ3n) is 5.27. The summed E-state index contributed by atoms with van der Waals surface area (Å²) in [6.45, 7) is 5.37. The molecule has 1 aromatic carbocycles. The van der Waals surface area contributed by atoms with Crippen molar-refractivity contribution in [1.29, 1.82) is 0 Å². The number of aromatic nitrogens is 2. The molecule has 144 valence electrons. The summed E-state index contributed by atoms with van der Waals surface area (Å²) >= 11 is 0. The third kappa shape index (κ3) is 3.98. The van der Waals surface area contributed by atoms with Crippen LogP contribution in [0.2, 0.25) is 0 Å². The molecule has 0 spiro atoms. The van der Waals surface area contributed by atoms with Crippen LogP contribution in [0.15, 0.2) is 35.5 Å². The van der Waals surface area contributed by atoms with Gasteiger partial charge in [0.05, 0.1) is 36.2 Å². The van der Waals surface area contributed by atoms with Crippen LogP contribution in [0.1, 0.15) is 37.4 Å². The number of ether oxygens (including phenoxy) is 1. The number of fused-ring (bicyclic) bond motifs is 2. The molecule has 2 fully saturated rings. The summed E-state index contributed by atoms with van der Waals surface area (Å²) in [6.07, 6.45) is 6.03. The van der Waals surface area contributed by atoms with Crippen molar-refractivity contribution >= 4 is 5.96 Å². The van der Waals surface area contributed by atoms with Crippen LogP contribution in [-0.4, -0.2) is 40.5 Å². The van der Waals surface area contributed by atoms with Crippen molar-refractivity contribution in [3.63, 3.8) is 0 Å². The highest BCUT2D eigenvalue weighted by molar-refractivity contribution is 5.80. The van der Waals surface area contributed by atoms with Gasteiger partial charge in [-0.25, -0.2) is 14.1 Å². The molecule has 2 N–H and O–H groups in total. The molecule has 2 bridgehead atoms. The van der Waals surface area contributed by atoms with Gasteiger partial charge in [0.15, 0.2) is 5.96 Å². The number of halogens is 1. The van der Waals surface area contributed by atoms with Gasteiger partial charge in [-0.1, -0.05) is 0 Å². The van der Waals surface area contributed by atoms with Crippen molar-refractivity contribution < 1.29 is 9.13 Å². The zero-order chi connectivity index (χ0) is 18.8. The number of hydrogen-bond acceptors (Lipinski definition) is 3. The molecule has 4 rings (SSSR count). The second-order valence-electron chi connectivity index (χ2n) is 7.22. The fraction of sp³-hybridized carbons (Fsp3) is 0.500. The van der Waals surface area contributed by atoms with E-state index in [2.05, 4.69) is 22.7 Å². The van der Waals surface area contributed by atoms with E-state index < -0.39 is 0 Å². The van der Waals surface area contributed by atoms with Gasteiger partial charge in [0.25, 0.3) is 0 Å². The van der Waals surface area contributed by atoms with E-state index in [0.29, 0.717) is 24.8 Å². The topological polar surface area (TPSA) is 63.5 Å². The lowest BCUT2D eigenvalue weighted by atomic mass is 9.96. The maximum atomic E-state index is 13.1. The highest BCUT2D eigenvalue weighted by atomic mass is 19.1. The maximum Gasteiger partial charge on any atom is 0.191 e. The van der Waals surface area contributed by atoms with Gasteiger partial charge in [0, 0.05) is 18.3 Å². The average Bonchev–Trinajstić information content (AvgIpc) is 3.36. The molecule has 0 saturated carbocycles. The summed E-state index contributed by atoms with van der Waals surface area (Å²) in [6, 6.07) is 6.65. The van der Waals surface area contributed by atoms with Gasteiger partial charge >= 0.3 is 0 Å². The molecule has 1 aromatic heterocycles. The first-order valence-corrected chi connectivity index (χ1v) is 9.63. The molecule has 3 heterocycles. The van der Waals surface area contributed by atoms with E-state index in [9.17, 15) is 4.39 Å². The smallest absolute Gasteiger partial charge is 0.191 e. The Morgan fingerprint density at radius 1 is 1.33 bits per heavy atom. The van der Waals surface area contributed by atoms with Crippen molar-refractivity contribution in [3.8, 4) is 5.69 Å². The quantitative estimate of drug-likeness (QED) is 0.627. The lowest BCUT2D eigenvalue weighted by Gasteiger charge is -2.22. The maximum absolute atomic E-state index is 13.1. The molecule has 27 heavy (non-hydrogen) atoms. The largest absolute Gasteiger partial charge is 0.373 e. The van der Waals surface area contributed by atoms with Crippen molar-refractivity contribution in [3.05, 3.63) is 47.5 Å². The van der Waals surface area contributed by atoms with Crippen LogP contribution in [0, 0.1) is 12.7 Å². The van der Waals surface area contributed by atoms with E-state index in [1.807, 2.05) is 13.1 Å². The minimum Gasteiger partial charge on any atom is -0.373 e. The summed E-state index contributed by atoms with van der Waals surface area (Å²) in [5.41, 5.74) is 2.79. The Morgan fingerprint density at radius 3 is 2.81 bits per heavy atom. The van der Waals surface area contributed by atoms with Crippen molar-refractivity contribution in [2.24, 2.45) is 4.99 Å². The number of aliphatic imine (C=N–C) groups is 1. The molecular weight excluding hydrogens is 345 g/mol. The molecule has 0 amide bonds. The predicted octanol–water partition coefficient (Wildman–Crippen LogP) is 2.69. The lowest BCUT2D eigenvalue weighted by Crippen LogP contribution is -2.47. The molecule has 6 nitrogen and oxygen atoms in total. The number of benzene rings is 1. The number of nitrogens with one attached hydrogen (secondary N) is 2. The SMILES string of the molecule is CCNC(=NCc1cn(-c2ccc(F)cc2)nc1C)NC1CC2CCC1O2. The van der Waals surface area contributed by atoms with E-state index in [1.54, 1.807) is 16.8 Å². The van der Waals surface area contributed by atoms with Crippen LogP contribution < -0.4 is 10.6 Å². The van der Waals surface area contributed by atoms with Gasteiger partial charge < -0.3 is 15.4 Å². The van der Waals surface area contributed by atoms with Crippen molar-refractivity contribution in [1.82, 2.24) is 20.4 Å². The van der Waals surface area contributed by atoms with Gasteiger partial charge in [-0.15, -0.1) is 0 Å². The molecule has 2 saturated heterocycles. The number of aryl methyl sites for hydroxylation is 1. The van der Waals surface area contributed by atoms with Crippen LogP contribution in [0.4, 0.5) is 4.39 Å². The first-order chi connectivity index (χ1) is 13.1. The lowest BCUT2D eigenvalue weighted by molar-refractivity contribution is 0.0992. The standard InChI is InChI=1S/C20H26FN5O/c1-3-22-20(24-18-10-17-8-9-19(18)27-17)23-11-14-12-26(25-13(14)2)16-6-4-15(21)5-7-16/h4-7,12,17-19H,3,8-11H2,1-2H3,(H2,22,23,24). The Labute approximate surface area is 158 Å². The first-order valence-electron chi connectivity index (χ1n) is 9.63. The fourth-order valence-corrected chi connectivity index (χ4v) is 3.83. The molecule has 0 radical (unpaired) electrons. The molecule has 3 atom stereocenters. The summed E-state index contributed by atoms with van der Waals surface area (Å²) in [5.74, 6) is 0.561. The van der Waals surface area contributed by atoms with Crippen LogP contribution in [0.5, 0.6) is 0 Å². The van der Waals surface area contributed by atoms with E-state index in [0.717, 1.165) is 42.3 Å². The molecule has 2 aliphatic rings. The zero-order valence-electron chi connectivity index (χ0n) is 15.8. The summed E-state index contributed by atoms with van der Waals surface area (Å²) in [5, 5.41) is 11.4. The predicted molar refractivity (Wildman–Crippen MR) is 103 cm³/mol. The van der Waals surface area contributed by atoms with Gasteiger partial charge in [-0.3, -0.25) is 0 Å². The van der Waals surface area contributed by atoms with E-state index in [-0.39, 0.29) is 5.82 Å². The van der Waals surface area contributed by atoms with Crippen LogP contribution in [0.25, 0.3) is 5.69 Å². The minimum absolute atomic E-state index is 0.251. The van der Waals surface area contributed by atoms with Crippen molar-refractivity contribution in [2.45, 2.75) is 57.9 Å².